The number of methoxy groups -OCH3 is 2. The topological polar surface area (TPSA) is 104 Å². The van der Waals surface area contributed by atoms with Gasteiger partial charge in [0.05, 0.1) is 36.1 Å². The molecule has 1 aromatic heterocycles. The van der Waals surface area contributed by atoms with E-state index in [-0.39, 0.29) is 21.4 Å². The molecule has 0 amide bonds. The lowest BCUT2D eigenvalue weighted by molar-refractivity contribution is 0.0693. The van der Waals surface area contributed by atoms with E-state index in [4.69, 9.17) is 37.4 Å². The molecule has 0 fully saturated rings. The predicted octanol–water partition coefficient (Wildman–Crippen LogP) is 5.13. The molecule has 8 nitrogen and oxygen atoms in total. The number of rotatable bonds is 8. The molecular weight excluding hydrogens is 503 g/mol. The molecule has 0 radical (unpaired) electrons. The molecule has 3 aromatic rings. The standard InChI is InChI=1S/C23H20Cl2N2O6S/c1-31-20-9-6-15(10-22(20)32-2)21(11-17-18(24)12-26-13-19(17)25)33-23(28)14-4-7-16(8-5-14)27-34(3,29)30/h4-13,27H,1-3H3. The van der Waals surface area contributed by atoms with Crippen molar-refractivity contribution < 1.29 is 27.4 Å². The molecule has 2 aromatic carbocycles. The Kier molecular flexibility index (Phi) is 8.03. The van der Waals surface area contributed by atoms with Gasteiger partial charge in [0.15, 0.2) is 11.5 Å². The van der Waals surface area contributed by atoms with Crippen LogP contribution in [0.25, 0.3) is 11.8 Å². The third-order valence-corrected chi connectivity index (χ3v) is 5.67. The zero-order valence-corrected chi connectivity index (χ0v) is 20.7. The molecule has 1 heterocycles. The summed E-state index contributed by atoms with van der Waals surface area (Å²) < 4.78 is 41.4. The van der Waals surface area contributed by atoms with E-state index in [0.29, 0.717) is 28.3 Å². The number of halogens is 2. The molecule has 178 valence electrons. The zero-order valence-electron chi connectivity index (χ0n) is 18.3. The average Bonchev–Trinajstić information content (AvgIpc) is 2.79. The molecule has 0 aliphatic heterocycles. The molecule has 34 heavy (non-hydrogen) atoms. The van der Waals surface area contributed by atoms with Crippen molar-refractivity contribution in [2.24, 2.45) is 0 Å². The number of pyridine rings is 1. The second-order valence-electron chi connectivity index (χ2n) is 6.94. The van der Waals surface area contributed by atoms with E-state index < -0.39 is 16.0 Å². The highest BCUT2D eigenvalue weighted by molar-refractivity contribution is 7.92. The van der Waals surface area contributed by atoms with Crippen LogP contribution in [0.15, 0.2) is 54.9 Å². The predicted molar refractivity (Wildman–Crippen MR) is 132 cm³/mol. The van der Waals surface area contributed by atoms with Gasteiger partial charge < -0.3 is 14.2 Å². The molecular formula is C23H20Cl2N2O6S. The molecule has 0 saturated carbocycles. The van der Waals surface area contributed by atoms with Crippen LogP contribution >= 0.6 is 23.2 Å². The van der Waals surface area contributed by atoms with Crippen LogP contribution in [0.2, 0.25) is 10.0 Å². The first kappa shape index (κ1) is 25.4. The number of carbonyl (C=O) groups is 1. The van der Waals surface area contributed by atoms with Gasteiger partial charge >= 0.3 is 5.97 Å². The third kappa shape index (κ3) is 6.40. The van der Waals surface area contributed by atoms with E-state index in [1.165, 1.54) is 57.0 Å². The van der Waals surface area contributed by atoms with Crippen molar-refractivity contribution in [3.05, 3.63) is 81.6 Å². The van der Waals surface area contributed by atoms with E-state index >= 15 is 0 Å². The number of carbonyl (C=O) groups excluding carboxylic acids is 1. The Bertz CT molecular complexity index is 1320. The number of benzene rings is 2. The smallest absolute Gasteiger partial charge is 0.343 e. The molecule has 0 aliphatic rings. The van der Waals surface area contributed by atoms with Gasteiger partial charge in [0.25, 0.3) is 0 Å². The zero-order chi connectivity index (χ0) is 24.9. The monoisotopic (exact) mass is 522 g/mol. The maximum Gasteiger partial charge on any atom is 0.343 e. The fraction of sp³-hybridized carbons (Fsp3) is 0.130. The lowest BCUT2D eigenvalue weighted by Crippen LogP contribution is -2.10. The van der Waals surface area contributed by atoms with Crippen LogP contribution in [0.4, 0.5) is 5.69 Å². The van der Waals surface area contributed by atoms with Crippen molar-refractivity contribution in [1.82, 2.24) is 4.98 Å². The average molecular weight is 523 g/mol. The minimum atomic E-state index is -3.45. The second kappa shape index (κ2) is 10.8. The molecule has 11 heteroatoms. The van der Waals surface area contributed by atoms with E-state index in [1.54, 1.807) is 18.2 Å². The number of anilines is 1. The van der Waals surface area contributed by atoms with Gasteiger partial charge in [-0.15, -0.1) is 0 Å². The van der Waals surface area contributed by atoms with Gasteiger partial charge in [0, 0.05) is 29.2 Å². The van der Waals surface area contributed by atoms with Gasteiger partial charge in [-0.25, -0.2) is 13.2 Å². The molecule has 0 saturated heterocycles. The number of ether oxygens (including phenoxy) is 3. The normalized spacial score (nSPS) is 11.6. The van der Waals surface area contributed by atoms with Gasteiger partial charge in [-0.1, -0.05) is 23.2 Å². The highest BCUT2D eigenvalue weighted by Crippen LogP contribution is 2.34. The Hall–Kier alpha value is -3.27. The van der Waals surface area contributed by atoms with Crippen molar-refractivity contribution in [2.75, 3.05) is 25.2 Å². The fourth-order valence-corrected chi connectivity index (χ4v) is 3.94. The summed E-state index contributed by atoms with van der Waals surface area (Å²) in [6.45, 7) is 0. The summed E-state index contributed by atoms with van der Waals surface area (Å²) in [6, 6.07) is 10.8. The van der Waals surface area contributed by atoms with Crippen LogP contribution in [-0.2, 0) is 14.8 Å². The van der Waals surface area contributed by atoms with Crippen molar-refractivity contribution >= 4 is 56.7 Å². The number of hydrogen-bond donors (Lipinski definition) is 1. The first-order chi connectivity index (χ1) is 16.1. The summed E-state index contributed by atoms with van der Waals surface area (Å²) in [4.78, 5) is 16.9. The quantitative estimate of drug-likeness (QED) is 0.322. The van der Waals surface area contributed by atoms with Crippen LogP contribution in [0, 0.1) is 0 Å². The van der Waals surface area contributed by atoms with Crippen LogP contribution in [0.5, 0.6) is 11.5 Å². The van der Waals surface area contributed by atoms with Gasteiger partial charge in [-0.05, 0) is 48.5 Å². The summed E-state index contributed by atoms with van der Waals surface area (Å²) >= 11 is 12.5. The van der Waals surface area contributed by atoms with Crippen LogP contribution in [0.3, 0.4) is 0 Å². The van der Waals surface area contributed by atoms with Crippen LogP contribution in [-0.4, -0.2) is 39.8 Å². The largest absolute Gasteiger partial charge is 0.493 e. The number of nitrogens with one attached hydrogen (secondary N) is 1. The number of aromatic nitrogens is 1. The Morgan fingerprint density at radius 2 is 1.53 bits per heavy atom. The van der Waals surface area contributed by atoms with Crippen molar-refractivity contribution in [1.29, 1.82) is 0 Å². The first-order valence-corrected chi connectivity index (χ1v) is 12.3. The molecule has 3 rings (SSSR count). The van der Waals surface area contributed by atoms with Gasteiger partial charge in [0.1, 0.15) is 5.76 Å². The number of hydrogen-bond acceptors (Lipinski definition) is 7. The Morgan fingerprint density at radius 3 is 2.09 bits per heavy atom. The lowest BCUT2D eigenvalue weighted by Gasteiger charge is -2.14. The lowest BCUT2D eigenvalue weighted by atomic mass is 10.1. The van der Waals surface area contributed by atoms with Crippen LogP contribution in [0.1, 0.15) is 21.5 Å². The van der Waals surface area contributed by atoms with E-state index in [1.807, 2.05) is 0 Å². The molecule has 0 spiro atoms. The van der Waals surface area contributed by atoms with E-state index in [0.717, 1.165) is 6.26 Å². The maximum atomic E-state index is 12.9. The van der Waals surface area contributed by atoms with Crippen molar-refractivity contribution in [3.63, 3.8) is 0 Å². The Labute approximate surface area is 207 Å². The summed E-state index contributed by atoms with van der Waals surface area (Å²) in [5, 5.41) is 0.524. The van der Waals surface area contributed by atoms with Crippen molar-refractivity contribution in [2.45, 2.75) is 0 Å². The fourth-order valence-electron chi connectivity index (χ4n) is 2.90. The van der Waals surface area contributed by atoms with E-state index in [9.17, 15) is 13.2 Å². The minimum absolute atomic E-state index is 0.138. The Morgan fingerprint density at radius 1 is 0.941 bits per heavy atom. The third-order valence-electron chi connectivity index (χ3n) is 4.46. The number of esters is 1. The summed E-state index contributed by atoms with van der Waals surface area (Å²) in [5.74, 6) is 0.364. The molecule has 1 N–H and O–H groups in total. The van der Waals surface area contributed by atoms with Gasteiger partial charge in [-0.3, -0.25) is 9.71 Å². The molecule has 0 atom stereocenters. The highest BCUT2D eigenvalue weighted by atomic mass is 35.5. The highest BCUT2D eigenvalue weighted by Gasteiger charge is 2.17. The summed E-state index contributed by atoms with van der Waals surface area (Å²) in [5.41, 5.74) is 1.40. The second-order valence-corrected chi connectivity index (χ2v) is 9.50. The molecule has 0 aliphatic carbocycles. The first-order valence-electron chi connectivity index (χ1n) is 9.64. The van der Waals surface area contributed by atoms with E-state index in [2.05, 4.69) is 9.71 Å². The Balaban J connectivity index is 2.01. The summed E-state index contributed by atoms with van der Waals surface area (Å²) in [7, 11) is -0.455. The maximum absolute atomic E-state index is 12.9. The molecule has 0 unspecified atom stereocenters. The minimum Gasteiger partial charge on any atom is -0.493 e. The molecule has 0 bridgehead atoms. The van der Waals surface area contributed by atoms with Crippen LogP contribution < -0.4 is 14.2 Å². The number of sulfonamides is 1. The summed E-state index contributed by atoms with van der Waals surface area (Å²) in [6.07, 6.45) is 5.39. The van der Waals surface area contributed by atoms with Gasteiger partial charge in [-0.2, -0.15) is 0 Å². The SMILES string of the molecule is COc1ccc(C(=Cc2c(Cl)cncc2Cl)OC(=O)c2ccc(NS(C)(=O)=O)cc2)cc1OC. The van der Waals surface area contributed by atoms with Crippen molar-refractivity contribution in [3.8, 4) is 11.5 Å². The van der Waals surface area contributed by atoms with Gasteiger partial charge in [0.2, 0.25) is 10.0 Å². The number of nitrogens with zero attached hydrogens (tertiary/aromatic N) is 1.